The van der Waals surface area contributed by atoms with E-state index in [1.54, 1.807) is 0 Å². The van der Waals surface area contributed by atoms with Gasteiger partial charge in [0, 0.05) is 37.3 Å². The van der Waals surface area contributed by atoms with Crippen LogP contribution < -0.4 is 5.32 Å². The Balaban J connectivity index is 2.21. The summed E-state index contributed by atoms with van der Waals surface area (Å²) in [6.07, 6.45) is 1.04. The summed E-state index contributed by atoms with van der Waals surface area (Å²) in [5.74, 6) is -0.698. The highest BCUT2D eigenvalue weighted by Crippen LogP contribution is 2.28. The number of piperazine rings is 1. The van der Waals surface area contributed by atoms with Gasteiger partial charge in [-0.2, -0.15) is 0 Å². The van der Waals surface area contributed by atoms with Gasteiger partial charge in [-0.15, -0.1) is 0 Å². The maximum absolute atomic E-state index is 13.9. The average Bonchev–Trinajstić information content (AvgIpc) is 2.41. The van der Waals surface area contributed by atoms with Crippen LogP contribution in [0.3, 0.4) is 0 Å². The van der Waals surface area contributed by atoms with Crippen LogP contribution in [0.4, 0.5) is 8.78 Å². The molecule has 1 fully saturated rings. The predicted molar refractivity (Wildman–Crippen MR) is 82.1 cm³/mol. The third kappa shape index (κ3) is 4.01. The molecule has 0 aromatic heterocycles. The second-order valence-electron chi connectivity index (χ2n) is 7.06. The zero-order valence-corrected chi connectivity index (χ0v) is 13.4. The van der Waals surface area contributed by atoms with Crippen molar-refractivity contribution in [1.82, 2.24) is 10.2 Å². The van der Waals surface area contributed by atoms with Crippen molar-refractivity contribution in [3.05, 3.63) is 35.4 Å². The Morgan fingerprint density at radius 3 is 2.62 bits per heavy atom. The standard InChI is InChI=1S/C17H26F2N2/c1-5-14-11-21(16(9-20-14)17(2,3)4)10-12-8-13(18)6-7-15(12)19/h6-8,14,16,20H,5,9-11H2,1-4H3. The molecule has 2 unspecified atom stereocenters. The van der Waals surface area contributed by atoms with E-state index in [4.69, 9.17) is 0 Å². The largest absolute Gasteiger partial charge is 0.311 e. The molecule has 1 saturated heterocycles. The first kappa shape index (κ1) is 16.4. The molecular formula is C17H26F2N2. The molecule has 2 nitrogen and oxygen atoms in total. The summed E-state index contributed by atoms with van der Waals surface area (Å²) < 4.78 is 27.3. The lowest BCUT2D eigenvalue weighted by Crippen LogP contribution is -2.60. The highest BCUT2D eigenvalue weighted by molar-refractivity contribution is 5.19. The summed E-state index contributed by atoms with van der Waals surface area (Å²) in [6.45, 7) is 11.0. The number of rotatable bonds is 3. The molecule has 2 atom stereocenters. The molecule has 118 valence electrons. The third-order valence-electron chi connectivity index (χ3n) is 4.37. The van der Waals surface area contributed by atoms with Gasteiger partial charge in [-0.1, -0.05) is 27.7 Å². The summed E-state index contributed by atoms with van der Waals surface area (Å²) in [7, 11) is 0. The summed E-state index contributed by atoms with van der Waals surface area (Å²) in [5.41, 5.74) is 0.538. The van der Waals surface area contributed by atoms with E-state index in [0.717, 1.165) is 19.5 Å². The topological polar surface area (TPSA) is 15.3 Å². The Hall–Kier alpha value is -1.00. The van der Waals surface area contributed by atoms with Gasteiger partial charge in [-0.05, 0) is 30.0 Å². The summed E-state index contributed by atoms with van der Waals surface area (Å²) in [5, 5.41) is 3.56. The third-order valence-corrected chi connectivity index (χ3v) is 4.37. The molecule has 21 heavy (non-hydrogen) atoms. The minimum absolute atomic E-state index is 0.0928. The summed E-state index contributed by atoms with van der Waals surface area (Å²) in [4.78, 5) is 2.29. The van der Waals surface area contributed by atoms with Crippen LogP contribution in [0.2, 0.25) is 0 Å². The molecule has 1 aliphatic heterocycles. The van der Waals surface area contributed by atoms with Gasteiger partial charge in [0.15, 0.2) is 0 Å². The van der Waals surface area contributed by atoms with E-state index in [2.05, 4.69) is 37.9 Å². The van der Waals surface area contributed by atoms with E-state index in [1.165, 1.54) is 18.2 Å². The Bertz CT molecular complexity index is 482. The van der Waals surface area contributed by atoms with Crippen molar-refractivity contribution < 1.29 is 8.78 Å². The van der Waals surface area contributed by atoms with E-state index < -0.39 is 0 Å². The molecule has 1 aromatic rings. The van der Waals surface area contributed by atoms with Crippen LogP contribution in [0.15, 0.2) is 18.2 Å². The van der Waals surface area contributed by atoms with Crippen LogP contribution in [0.25, 0.3) is 0 Å². The zero-order chi connectivity index (χ0) is 15.6. The van der Waals surface area contributed by atoms with E-state index >= 15 is 0 Å². The van der Waals surface area contributed by atoms with E-state index in [9.17, 15) is 8.78 Å². The Morgan fingerprint density at radius 2 is 2.00 bits per heavy atom. The number of hydrogen-bond acceptors (Lipinski definition) is 2. The van der Waals surface area contributed by atoms with Crippen LogP contribution in [-0.4, -0.2) is 30.1 Å². The van der Waals surface area contributed by atoms with Gasteiger partial charge in [0.1, 0.15) is 11.6 Å². The van der Waals surface area contributed by atoms with Gasteiger partial charge in [0.05, 0.1) is 0 Å². The lowest BCUT2D eigenvalue weighted by molar-refractivity contribution is 0.0476. The van der Waals surface area contributed by atoms with Crippen molar-refractivity contribution in [2.45, 2.75) is 52.7 Å². The molecular weight excluding hydrogens is 270 g/mol. The van der Waals surface area contributed by atoms with Gasteiger partial charge >= 0.3 is 0 Å². The van der Waals surface area contributed by atoms with Crippen molar-refractivity contribution in [1.29, 1.82) is 0 Å². The number of nitrogens with zero attached hydrogens (tertiary/aromatic N) is 1. The van der Waals surface area contributed by atoms with Gasteiger partial charge in [-0.25, -0.2) is 8.78 Å². The Labute approximate surface area is 126 Å². The first-order chi connectivity index (χ1) is 9.81. The zero-order valence-electron chi connectivity index (χ0n) is 13.4. The van der Waals surface area contributed by atoms with Gasteiger partial charge in [0.2, 0.25) is 0 Å². The molecule has 0 spiro atoms. The summed E-state index contributed by atoms with van der Waals surface area (Å²) in [6, 6.07) is 4.43. The lowest BCUT2D eigenvalue weighted by atomic mass is 9.83. The van der Waals surface area contributed by atoms with E-state index in [0.29, 0.717) is 24.2 Å². The van der Waals surface area contributed by atoms with E-state index in [1.807, 2.05) is 0 Å². The van der Waals surface area contributed by atoms with Crippen molar-refractivity contribution in [3.8, 4) is 0 Å². The molecule has 0 radical (unpaired) electrons. The number of halogens is 2. The maximum atomic E-state index is 13.9. The molecule has 0 bridgehead atoms. The van der Waals surface area contributed by atoms with Crippen LogP contribution >= 0.6 is 0 Å². The second-order valence-corrected chi connectivity index (χ2v) is 7.06. The number of nitrogens with one attached hydrogen (secondary N) is 1. The molecule has 2 rings (SSSR count). The molecule has 4 heteroatoms. The van der Waals surface area contributed by atoms with Crippen molar-refractivity contribution in [2.24, 2.45) is 5.41 Å². The quantitative estimate of drug-likeness (QED) is 0.917. The van der Waals surface area contributed by atoms with Crippen LogP contribution in [0.1, 0.15) is 39.7 Å². The van der Waals surface area contributed by atoms with Crippen LogP contribution in [0.5, 0.6) is 0 Å². The lowest BCUT2D eigenvalue weighted by Gasteiger charge is -2.46. The first-order valence-corrected chi connectivity index (χ1v) is 7.72. The Kier molecular flexibility index (Phi) is 4.99. The van der Waals surface area contributed by atoms with Crippen molar-refractivity contribution >= 4 is 0 Å². The second kappa shape index (κ2) is 6.41. The molecule has 1 N–H and O–H groups in total. The fourth-order valence-electron chi connectivity index (χ4n) is 3.07. The average molecular weight is 296 g/mol. The van der Waals surface area contributed by atoms with Gasteiger partial charge < -0.3 is 5.32 Å². The molecule has 1 aromatic carbocycles. The van der Waals surface area contributed by atoms with Crippen LogP contribution in [0, 0.1) is 17.0 Å². The van der Waals surface area contributed by atoms with Gasteiger partial charge in [-0.3, -0.25) is 4.90 Å². The minimum Gasteiger partial charge on any atom is -0.311 e. The number of benzene rings is 1. The smallest absolute Gasteiger partial charge is 0.127 e. The molecule has 1 aliphatic rings. The fourth-order valence-corrected chi connectivity index (χ4v) is 3.07. The highest BCUT2D eigenvalue weighted by Gasteiger charge is 2.35. The maximum Gasteiger partial charge on any atom is 0.127 e. The summed E-state index contributed by atoms with van der Waals surface area (Å²) >= 11 is 0. The molecule has 0 aliphatic carbocycles. The minimum atomic E-state index is -0.374. The normalized spacial score (nSPS) is 24.3. The predicted octanol–water partition coefficient (Wildman–Crippen LogP) is 3.56. The molecule has 1 heterocycles. The molecule has 0 saturated carbocycles. The first-order valence-electron chi connectivity index (χ1n) is 7.72. The highest BCUT2D eigenvalue weighted by atomic mass is 19.1. The monoisotopic (exact) mass is 296 g/mol. The van der Waals surface area contributed by atoms with E-state index in [-0.39, 0.29) is 17.0 Å². The van der Waals surface area contributed by atoms with Gasteiger partial charge in [0.25, 0.3) is 0 Å². The number of hydrogen-bond donors (Lipinski definition) is 1. The molecule has 0 amide bonds. The van der Waals surface area contributed by atoms with Crippen LogP contribution in [-0.2, 0) is 6.54 Å². The Morgan fingerprint density at radius 1 is 1.29 bits per heavy atom. The van der Waals surface area contributed by atoms with Crippen molar-refractivity contribution in [3.63, 3.8) is 0 Å². The fraction of sp³-hybridized carbons (Fsp3) is 0.647. The van der Waals surface area contributed by atoms with Crippen molar-refractivity contribution in [2.75, 3.05) is 13.1 Å². The SMILES string of the molecule is CCC1CN(Cc2cc(F)ccc2F)C(C(C)(C)C)CN1.